The fourth-order valence-electron chi connectivity index (χ4n) is 11.7. The molecule has 10 rings (SSSR count). The Balaban J connectivity index is 1.13. The Kier molecular flexibility index (Phi) is 4.98. The Labute approximate surface area is 214 Å². The number of ether oxygens (including phenoxy) is 1. The molecule has 1 aliphatic heterocycles. The van der Waals surface area contributed by atoms with Gasteiger partial charge in [0.2, 0.25) is 5.90 Å². The van der Waals surface area contributed by atoms with Gasteiger partial charge in [-0.15, -0.1) is 0 Å². The van der Waals surface area contributed by atoms with Crippen LogP contribution in [0, 0.1) is 35.5 Å². The van der Waals surface area contributed by atoms with Gasteiger partial charge in [0, 0.05) is 18.1 Å². The molecule has 1 heterocycles. The van der Waals surface area contributed by atoms with Gasteiger partial charge >= 0.3 is 7.57 Å². The number of aliphatic imine (C=N–C) groups is 1. The molecule has 8 saturated carbocycles. The number of nitrogens with zero attached hydrogens (tertiary/aromatic N) is 1. The summed E-state index contributed by atoms with van der Waals surface area (Å²) in [6, 6.07) is 10.8. The fraction of sp³-hybridized carbons (Fsp3) is 0.774. The molecule has 2 nitrogen and oxygen atoms in total. The fourth-order valence-corrected chi connectivity index (χ4v) is 17.9. The third-order valence-electron chi connectivity index (χ3n) is 12.3. The van der Waals surface area contributed by atoms with Crippen LogP contribution in [0.4, 0.5) is 0 Å². The molecule has 0 saturated heterocycles. The molecule has 0 spiro atoms. The van der Waals surface area contributed by atoms with Crippen LogP contribution < -0.4 is 0 Å². The summed E-state index contributed by atoms with van der Waals surface area (Å²) in [7, 11) is 6.60. The smallest absolute Gasteiger partial charge is 0.366 e. The van der Waals surface area contributed by atoms with Crippen LogP contribution in [0.5, 0.6) is 0 Å². The van der Waals surface area contributed by atoms with Crippen molar-refractivity contribution in [3.8, 4) is 0 Å². The largest absolute Gasteiger partial charge is 0.475 e. The van der Waals surface area contributed by atoms with E-state index in [0.717, 1.165) is 60.0 Å². The van der Waals surface area contributed by atoms with Crippen LogP contribution in [-0.2, 0) is 4.74 Å². The molecule has 1 aromatic carbocycles. The van der Waals surface area contributed by atoms with Crippen molar-refractivity contribution in [2.45, 2.75) is 99.8 Å². The predicted molar refractivity (Wildman–Crippen MR) is 147 cm³/mol. The zero-order chi connectivity index (χ0) is 23.3. The quantitative estimate of drug-likeness (QED) is 0.306. The van der Waals surface area contributed by atoms with E-state index in [1.54, 1.807) is 0 Å². The van der Waals surface area contributed by atoms with Gasteiger partial charge in [0.1, 0.15) is 6.61 Å². The van der Waals surface area contributed by atoms with Crippen LogP contribution in [0.15, 0.2) is 35.3 Å². The lowest BCUT2D eigenvalue weighted by Crippen LogP contribution is -2.60. The second-order valence-corrected chi connectivity index (χ2v) is 18.5. The molecule has 1 aromatic rings. The van der Waals surface area contributed by atoms with Gasteiger partial charge in [0.25, 0.3) is 0 Å². The summed E-state index contributed by atoms with van der Waals surface area (Å²) >= 11 is 0. The summed E-state index contributed by atoms with van der Waals surface area (Å²) in [6.07, 6.45) is 20.6. The molecule has 0 unspecified atom stereocenters. The molecule has 35 heavy (non-hydrogen) atoms. The minimum Gasteiger partial charge on any atom is -0.475 e. The summed E-state index contributed by atoms with van der Waals surface area (Å²) < 4.78 is 6.14. The van der Waals surface area contributed by atoms with Gasteiger partial charge in [-0.2, -0.15) is 0 Å². The molecule has 8 aliphatic carbocycles. The van der Waals surface area contributed by atoms with Crippen molar-refractivity contribution in [3.05, 3.63) is 35.9 Å². The highest BCUT2D eigenvalue weighted by Crippen LogP contribution is 2.87. The van der Waals surface area contributed by atoms with E-state index < -0.39 is 7.14 Å². The molecule has 1 atom stereocenters. The summed E-state index contributed by atoms with van der Waals surface area (Å²) in [5.74, 6) is 6.84. The van der Waals surface area contributed by atoms with Gasteiger partial charge in [0.15, 0.2) is 0 Å². The van der Waals surface area contributed by atoms with Crippen LogP contribution in [0.2, 0.25) is 0 Å². The van der Waals surface area contributed by atoms with E-state index in [2.05, 4.69) is 30.3 Å². The molecular formula is C31H42BNOP+. The summed E-state index contributed by atoms with van der Waals surface area (Å²) in [4.78, 5) is 5.11. The maximum Gasteiger partial charge on any atom is 0.366 e. The minimum absolute atomic E-state index is 0.302. The average molecular weight is 486 g/mol. The first-order valence-electron chi connectivity index (χ1n) is 14.9. The Morgan fingerprint density at radius 3 is 1.66 bits per heavy atom. The maximum absolute atomic E-state index is 8.24. The second kappa shape index (κ2) is 7.85. The highest BCUT2D eigenvalue weighted by molar-refractivity contribution is 7.99. The van der Waals surface area contributed by atoms with Crippen LogP contribution in [0.25, 0.3) is 0 Å². The molecule has 8 bridgehead atoms. The summed E-state index contributed by atoms with van der Waals surface area (Å²) in [5.41, 5.74) is 1.13. The lowest BCUT2D eigenvalue weighted by molar-refractivity contribution is 0.0174. The minimum atomic E-state index is -1.64. The number of rotatable bonds is 6. The predicted octanol–water partition coefficient (Wildman–Crippen LogP) is 7.26. The zero-order valence-corrected chi connectivity index (χ0v) is 22.3. The molecule has 2 radical (unpaired) electrons. The second-order valence-electron chi connectivity index (χ2n) is 14.4. The van der Waals surface area contributed by atoms with Gasteiger partial charge in [0.05, 0.1) is 16.4 Å². The SMILES string of the molecule is [B][P+](CC[C@H]1COC(c2ccccc2)=N1)(C12CC3CC(CC(C3)C1)C2)C12CC3CC(CC(C3)C1)C2. The van der Waals surface area contributed by atoms with Gasteiger partial charge < -0.3 is 4.74 Å². The van der Waals surface area contributed by atoms with Crippen molar-refractivity contribution in [1.82, 2.24) is 0 Å². The topological polar surface area (TPSA) is 21.6 Å². The van der Waals surface area contributed by atoms with Crippen molar-refractivity contribution in [2.24, 2.45) is 40.5 Å². The highest BCUT2D eigenvalue weighted by atomic mass is 31.2. The maximum atomic E-state index is 8.24. The molecule has 0 amide bonds. The van der Waals surface area contributed by atoms with E-state index >= 15 is 0 Å². The Bertz CT molecular complexity index is 906. The lowest BCUT2D eigenvalue weighted by Gasteiger charge is -2.68. The first-order chi connectivity index (χ1) is 17.0. The van der Waals surface area contributed by atoms with Crippen LogP contribution in [0.3, 0.4) is 0 Å². The average Bonchev–Trinajstić information content (AvgIpc) is 3.30. The van der Waals surface area contributed by atoms with Gasteiger partial charge in [-0.05, 0) is 132 Å². The lowest BCUT2D eigenvalue weighted by atomic mass is 9.55. The van der Waals surface area contributed by atoms with E-state index in [-0.39, 0.29) is 0 Å². The molecule has 9 aliphatic rings. The third-order valence-corrected chi connectivity index (χ3v) is 17.7. The van der Waals surface area contributed by atoms with Gasteiger partial charge in [-0.3, -0.25) is 0 Å². The molecular weight excluding hydrogens is 444 g/mol. The summed E-state index contributed by atoms with van der Waals surface area (Å²) in [5, 5.41) is 1.03. The Morgan fingerprint density at radius 1 is 0.743 bits per heavy atom. The standard InChI is InChI=1S/C31H42BNOP/c32-35(30-14-21-8-22(15-30)10-23(9-21)16-30,31-17-24-11-25(18-31)13-26(12-24)19-31)7-6-28-20-34-29(33-28)27-4-2-1-3-5-27/h1-5,21-26,28H,6-20H2/q+1/t21?,22?,23?,24?,25?,26?,28-,30?,31?,35?/m0/s1. The highest BCUT2D eigenvalue weighted by Gasteiger charge is 2.72. The van der Waals surface area contributed by atoms with Crippen molar-refractivity contribution in [1.29, 1.82) is 0 Å². The Morgan fingerprint density at radius 2 is 1.20 bits per heavy atom. The molecule has 0 aromatic heterocycles. The van der Waals surface area contributed by atoms with E-state index in [9.17, 15) is 0 Å². The number of benzene rings is 1. The van der Waals surface area contributed by atoms with E-state index in [1.165, 1.54) is 83.2 Å². The normalized spacial score (nSPS) is 48.6. The number of hydrogen-bond acceptors (Lipinski definition) is 2. The molecule has 4 heteroatoms. The zero-order valence-electron chi connectivity index (χ0n) is 21.4. The third kappa shape index (κ3) is 3.35. The van der Waals surface area contributed by atoms with E-state index in [0.29, 0.717) is 16.4 Å². The monoisotopic (exact) mass is 486 g/mol. The molecule has 8 fully saturated rings. The van der Waals surface area contributed by atoms with Crippen LogP contribution in [-0.4, -0.2) is 42.6 Å². The molecule has 0 N–H and O–H groups in total. The van der Waals surface area contributed by atoms with Crippen LogP contribution in [0.1, 0.15) is 89.0 Å². The first kappa shape index (κ1) is 22.2. The number of hydrogen-bond donors (Lipinski definition) is 0. The van der Waals surface area contributed by atoms with Crippen molar-refractivity contribution in [2.75, 3.05) is 12.8 Å². The van der Waals surface area contributed by atoms with E-state index in [4.69, 9.17) is 17.3 Å². The van der Waals surface area contributed by atoms with Crippen molar-refractivity contribution in [3.63, 3.8) is 0 Å². The first-order valence-corrected chi connectivity index (χ1v) is 17.0. The van der Waals surface area contributed by atoms with Gasteiger partial charge in [-0.1, -0.05) is 18.2 Å². The molecule has 184 valence electrons. The van der Waals surface area contributed by atoms with Crippen molar-refractivity contribution >= 4 is 20.6 Å². The van der Waals surface area contributed by atoms with Crippen LogP contribution >= 0.6 is 7.14 Å². The Hall–Kier alpha value is -0.815. The van der Waals surface area contributed by atoms with Gasteiger partial charge in [-0.25, -0.2) is 4.99 Å². The van der Waals surface area contributed by atoms with E-state index in [1.807, 2.05) is 0 Å². The van der Waals surface area contributed by atoms with Crippen molar-refractivity contribution < 1.29 is 4.74 Å². The summed E-state index contributed by atoms with van der Waals surface area (Å²) in [6.45, 7) is 0.756.